The molecule has 5 aromatic rings. The van der Waals surface area contributed by atoms with Crippen molar-refractivity contribution in [1.29, 1.82) is 0 Å². The molecule has 6 rings (SSSR count). The van der Waals surface area contributed by atoms with Crippen LogP contribution in [0.25, 0.3) is 33.3 Å². The topological polar surface area (TPSA) is 79.8 Å². The predicted octanol–water partition coefficient (Wildman–Crippen LogP) is 5.75. The molecule has 0 aliphatic heterocycles. The van der Waals surface area contributed by atoms with Gasteiger partial charge >= 0.3 is 0 Å². The Balaban J connectivity index is 1.53. The van der Waals surface area contributed by atoms with Gasteiger partial charge in [0.05, 0.1) is 16.7 Å². The van der Waals surface area contributed by atoms with Gasteiger partial charge in [0.25, 0.3) is 5.56 Å². The van der Waals surface area contributed by atoms with Crippen LogP contribution in [-0.2, 0) is 4.79 Å². The smallest absolute Gasteiger partial charge is 0.279 e. The number of hydrogen-bond donors (Lipinski definition) is 2. The highest BCUT2D eigenvalue weighted by atomic mass is 16.2. The Kier molecular flexibility index (Phi) is 5.02. The van der Waals surface area contributed by atoms with Gasteiger partial charge in [0.15, 0.2) is 5.69 Å². The Morgan fingerprint density at radius 3 is 2.46 bits per heavy atom. The van der Waals surface area contributed by atoms with Gasteiger partial charge in [0, 0.05) is 16.6 Å². The third-order valence-electron chi connectivity index (χ3n) is 6.92. The number of aromatic nitrogens is 3. The highest BCUT2D eigenvalue weighted by Gasteiger charge is 2.39. The summed E-state index contributed by atoms with van der Waals surface area (Å²) in [6.07, 6.45) is 1.82. The number of anilines is 1. The lowest BCUT2D eigenvalue weighted by molar-refractivity contribution is -0.119. The van der Waals surface area contributed by atoms with Crippen molar-refractivity contribution >= 4 is 33.5 Å². The molecule has 2 N–H and O–H groups in total. The minimum atomic E-state index is -0.613. The van der Waals surface area contributed by atoms with Gasteiger partial charge in [0.1, 0.15) is 6.04 Å². The van der Waals surface area contributed by atoms with Gasteiger partial charge in [-0.05, 0) is 68.0 Å². The third kappa shape index (κ3) is 3.71. The molecule has 35 heavy (non-hydrogen) atoms. The van der Waals surface area contributed by atoms with Gasteiger partial charge < -0.3 is 10.3 Å². The number of hydrogen-bond acceptors (Lipinski definition) is 3. The molecular weight excluding hydrogens is 436 g/mol. The van der Waals surface area contributed by atoms with Gasteiger partial charge in [-0.1, -0.05) is 48.5 Å². The summed E-state index contributed by atoms with van der Waals surface area (Å²) in [5, 5.41) is 4.15. The largest absolute Gasteiger partial charge is 0.353 e. The number of benzene rings is 3. The van der Waals surface area contributed by atoms with E-state index in [2.05, 4.69) is 10.3 Å². The van der Waals surface area contributed by atoms with Crippen LogP contribution in [0.4, 0.5) is 5.69 Å². The lowest BCUT2D eigenvalue weighted by atomic mass is 10.1. The van der Waals surface area contributed by atoms with Gasteiger partial charge in [-0.25, -0.2) is 4.98 Å². The summed E-state index contributed by atoms with van der Waals surface area (Å²) < 4.78 is 1.67. The van der Waals surface area contributed by atoms with Crippen LogP contribution in [0, 0.1) is 19.8 Å². The molecule has 0 saturated heterocycles. The van der Waals surface area contributed by atoms with Gasteiger partial charge in [-0.2, -0.15) is 0 Å². The molecular formula is C29H26N4O2. The van der Waals surface area contributed by atoms with E-state index in [1.165, 1.54) is 0 Å². The molecule has 1 unspecified atom stereocenters. The monoisotopic (exact) mass is 462 g/mol. The first-order valence-corrected chi connectivity index (χ1v) is 12.0. The molecule has 0 radical (unpaired) electrons. The summed E-state index contributed by atoms with van der Waals surface area (Å²) >= 11 is 0. The first kappa shape index (κ1) is 21.4. The Morgan fingerprint density at radius 1 is 1.00 bits per heavy atom. The quantitative estimate of drug-likeness (QED) is 0.349. The van der Waals surface area contributed by atoms with Crippen LogP contribution < -0.4 is 10.9 Å². The van der Waals surface area contributed by atoms with Crippen LogP contribution in [0.3, 0.4) is 0 Å². The van der Waals surface area contributed by atoms with Gasteiger partial charge in [-0.3, -0.25) is 14.2 Å². The predicted molar refractivity (Wildman–Crippen MR) is 140 cm³/mol. The molecule has 0 spiro atoms. The van der Waals surface area contributed by atoms with E-state index in [1.807, 2.05) is 86.6 Å². The Morgan fingerprint density at radius 2 is 1.71 bits per heavy atom. The minimum absolute atomic E-state index is 0.110. The fraction of sp³-hybridized carbons (Fsp3) is 0.207. The molecule has 1 aliphatic rings. The van der Waals surface area contributed by atoms with E-state index in [1.54, 1.807) is 4.57 Å². The second kappa shape index (κ2) is 8.24. The summed E-state index contributed by atoms with van der Waals surface area (Å²) in [5.74, 6) is -0.0515. The molecule has 0 bridgehead atoms. The zero-order valence-electron chi connectivity index (χ0n) is 19.7. The maximum atomic E-state index is 14.0. The Hall–Kier alpha value is -4.19. The van der Waals surface area contributed by atoms with Crippen LogP contribution in [0.15, 0.2) is 77.6 Å². The first-order chi connectivity index (χ1) is 17.0. The molecule has 6 heteroatoms. The molecule has 1 amide bonds. The van der Waals surface area contributed by atoms with E-state index < -0.39 is 6.04 Å². The number of carbonyl (C=O) groups is 1. The second-order valence-electron chi connectivity index (χ2n) is 9.43. The van der Waals surface area contributed by atoms with Crippen molar-refractivity contribution in [3.63, 3.8) is 0 Å². The fourth-order valence-corrected chi connectivity index (χ4v) is 4.97. The number of nitrogens with zero attached hydrogens (tertiary/aromatic N) is 2. The number of rotatable bonds is 5. The Bertz CT molecular complexity index is 1610. The van der Waals surface area contributed by atoms with E-state index in [9.17, 15) is 9.59 Å². The van der Waals surface area contributed by atoms with Crippen LogP contribution in [0.1, 0.15) is 30.0 Å². The molecule has 1 saturated carbocycles. The van der Waals surface area contributed by atoms with Gasteiger partial charge in [0.2, 0.25) is 5.91 Å². The number of aryl methyl sites for hydroxylation is 2. The van der Waals surface area contributed by atoms with Crippen molar-refractivity contribution in [3.05, 3.63) is 94.3 Å². The molecule has 2 heterocycles. The summed E-state index contributed by atoms with van der Waals surface area (Å²) in [5.41, 5.74) is 5.82. The van der Waals surface area contributed by atoms with Crippen LogP contribution in [0.2, 0.25) is 0 Å². The zero-order valence-corrected chi connectivity index (χ0v) is 19.7. The summed E-state index contributed by atoms with van der Waals surface area (Å²) in [6, 6.07) is 22.7. The van der Waals surface area contributed by atoms with Crippen LogP contribution >= 0.6 is 0 Å². The van der Waals surface area contributed by atoms with Crippen molar-refractivity contribution in [2.24, 2.45) is 5.92 Å². The maximum Gasteiger partial charge on any atom is 0.279 e. The Labute approximate surface area is 202 Å². The SMILES string of the molecule is Cc1cccc(C)c1NC(=O)C(C1CC1)n1c(=O)c(-c2cc3ccccc3[nH]2)nc2ccccc21. The number of nitrogens with one attached hydrogen (secondary N) is 2. The summed E-state index contributed by atoms with van der Waals surface area (Å²) in [4.78, 5) is 35.9. The highest BCUT2D eigenvalue weighted by Crippen LogP contribution is 2.41. The number of H-pyrrole nitrogens is 1. The molecule has 1 aliphatic carbocycles. The number of para-hydroxylation sites is 4. The fourth-order valence-electron chi connectivity index (χ4n) is 4.97. The third-order valence-corrected chi connectivity index (χ3v) is 6.92. The molecule has 174 valence electrons. The maximum absolute atomic E-state index is 14.0. The number of carbonyl (C=O) groups excluding carboxylic acids is 1. The first-order valence-electron chi connectivity index (χ1n) is 12.0. The molecule has 1 fully saturated rings. The van der Waals surface area contributed by atoms with E-state index in [0.29, 0.717) is 22.4 Å². The van der Waals surface area contributed by atoms with Gasteiger partial charge in [-0.15, -0.1) is 0 Å². The van der Waals surface area contributed by atoms with Crippen LogP contribution in [0.5, 0.6) is 0 Å². The minimum Gasteiger partial charge on any atom is -0.353 e. The average molecular weight is 463 g/mol. The molecule has 3 aromatic carbocycles. The molecule has 6 nitrogen and oxygen atoms in total. The lowest BCUT2D eigenvalue weighted by Crippen LogP contribution is -2.36. The normalized spacial score (nSPS) is 14.3. The average Bonchev–Trinajstić information content (AvgIpc) is 3.60. The zero-order chi connectivity index (χ0) is 24.1. The van der Waals surface area contributed by atoms with Crippen molar-refractivity contribution < 1.29 is 4.79 Å². The molecule has 2 aromatic heterocycles. The van der Waals surface area contributed by atoms with Crippen molar-refractivity contribution in [2.75, 3.05) is 5.32 Å². The molecule has 1 atom stereocenters. The second-order valence-corrected chi connectivity index (χ2v) is 9.43. The lowest BCUT2D eigenvalue weighted by Gasteiger charge is -2.23. The summed E-state index contributed by atoms with van der Waals surface area (Å²) in [7, 11) is 0. The number of aromatic amines is 1. The number of fused-ring (bicyclic) bond motifs is 2. The van der Waals surface area contributed by atoms with Crippen LogP contribution in [-0.4, -0.2) is 20.4 Å². The van der Waals surface area contributed by atoms with E-state index in [4.69, 9.17) is 4.98 Å². The standard InChI is InChI=1S/C29H26N4O2/c1-17-8-7-9-18(2)25(17)32-28(34)27(19-14-15-19)33-24-13-6-5-12-22(24)31-26(29(33)35)23-16-20-10-3-4-11-21(20)30-23/h3-13,16,19,27,30H,14-15H2,1-2H3,(H,32,34). The van der Waals surface area contributed by atoms with Crippen molar-refractivity contribution in [2.45, 2.75) is 32.7 Å². The summed E-state index contributed by atoms with van der Waals surface area (Å²) in [6.45, 7) is 3.97. The van der Waals surface area contributed by atoms with E-state index >= 15 is 0 Å². The van der Waals surface area contributed by atoms with E-state index in [0.717, 1.165) is 40.6 Å². The van der Waals surface area contributed by atoms with Crippen molar-refractivity contribution in [3.8, 4) is 11.4 Å². The number of amides is 1. The highest BCUT2D eigenvalue weighted by molar-refractivity contribution is 5.96. The van der Waals surface area contributed by atoms with Crippen molar-refractivity contribution in [1.82, 2.24) is 14.5 Å². The van der Waals surface area contributed by atoms with E-state index in [-0.39, 0.29) is 17.4 Å².